The smallest absolute Gasteiger partial charge is 0.294 e. The molecule has 0 bridgehead atoms. The highest BCUT2D eigenvalue weighted by molar-refractivity contribution is 6.20. The molecule has 1 aromatic carbocycles. The van der Waals surface area contributed by atoms with Crippen LogP contribution in [0.3, 0.4) is 0 Å². The molecule has 2 aromatic heterocycles. The number of Topliss-reactive ketones (excluding diaryl/α,β-unsaturated/α-hetero) is 1. The van der Waals surface area contributed by atoms with E-state index < -0.39 is 23.5 Å². The Morgan fingerprint density at radius 1 is 1.14 bits per heavy atom. The van der Waals surface area contributed by atoms with Gasteiger partial charge in [0, 0.05) is 24.7 Å². The predicted molar refractivity (Wildman–Crippen MR) is 104 cm³/mol. The molecule has 146 valence electrons. The van der Waals surface area contributed by atoms with Crippen molar-refractivity contribution in [2.24, 2.45) is 0 Å². The van der Waals surface area contributed by atoms with Crippen LogP contribution in [0.4, 0.5) is 5.69 Å². The Hall–Kier alpha value is -3.71. The normalized spacial score (nSPS) is 16.5. The molecule has 4 rings (SSSR count). The number of hydrogen-bond acceptors (Lipinski definition) is 6. The highest BCUT2D eigenvalue weighted by Gasteiger charge is 2.45. The summed E-state index contributed by atoms with van der Waals surface area (Å²) in [5, 5.41) is 19.7. The maximum absolute atomic E-state index is 13.0. The fourth-order valence-corrected chi connectivity index (χ4v) is 3.45. The molecule has 0 saturated heterocycles. The lowest BCUT2D eigenvalue weighted by atomic mass is 9.96. The standard InChI is InChI=1S/C22H18N2O5/c25-11-9-14-5-7-16(8-6-14)24-19(15-3-1-10-23-13-15)18(21(27)22(24)28)20(26)17-4-2-12-29-17/h1-8,10,12-13,19,25,27H,9,11H2. The van der Waals surface area contributed by atoms with Crippen molar-refractivity contribution in [1.29, 1.82) is 0 Å². The third-order valence-corrected chi connectivity index (χ3v) is 4.81. The van der Waals surface area contributed by atoms with Gasteiger partial charge in [-0.2, -0.15) is 0 Å². The van der Waals surface area contributed by atoms with E-state index in [9.17, 15) is 14.7 Å². The van der Waals surface area contributed by atoms with E-state index >= 15 is 0 Å². The first-order valence-corrected chi connectivity index (χ1v) is 9.06. The van der Waals surface area contributed by atoms with Crippen LogP contribution in [0.1, 0.15) is 27.7 Å². The van der Waals surface area contributed by atoms with Crippen molar-refractivity contribution in [3.63, 3.8) is 0 Å². The Labute approximate surface area is 166 Å². The maximum Gasteiger partial charge on any atom is 0.294 e. The van der Waals surface area contributed by atoms with E-state index in [0.29, 0.717) is 17.7 Å². The topological polar surface area (TPSA) is 104 Å². The zero-order valence-corrected chi connectivity index (χ0v) is 15.4. The summed E-state index contributed by atoms with van der Waals surface area (Å²) in [4.78, 5) is 31.4. The minimum Gasteiger partial charge on any atom is -0.503 e. The summed E-state index contributed by atoms with van der Waals surface area (Å²) in [6.45, 7) is 0.0183. The van der Waals surface area contributed by atoms with E-state index in [0.717, 1.165) is 5.56 Å². The van der Waals surface area contributed by atoms with Crippen LogP contribution in [-0.4, -0.2) is 33.5 Å². The Balaban J connectivity index is 1.81. The highest BCUT2D eigenvalue weighted by Crippen LogP contribution is 2.41. The van der Waals surface area contributed by atoms with Gasteiger partial charge in [0.05, 0.1) is 17.9 Å². The number of carbonyl (C=O) groups excluding carboxylic acids is 2. The molecule has 2 N–H and O–H groups in total. The number of anilines is 1. The summed E-state index contributed by atoms with van der Waals surface area (Å²) in [6, 6.07) is 12.7. The lowest BCUT2D eigenvalue weighted by Gasteiger charge is -2.26. The van der Waals surface area contributed by atoms with Crippen molar-refractivity contribution in [1.82, 2.24) is 4.98 Å². The summed E-state index contributed by atoms with van der Waals surface area (Å²) in [6.07, 6.45) is 5.00. The van der Waals surface area contributed by atoms with Gasteiger partial charge >= 0.3 is 0 Å². The molecular weight excluding hydrogens is 372 g/mol. The number of aliphatic hydroxyl groups is 2. The Morgan fingerprint density at radius 3 is 2.55 bits per heavy atom. The summed E-state index contributed by atoms with van der Waals surface area (Å²) >= 11 is 0. The number of benzene rings is 1. The fourth-order valence-electron chi connectivity index (χ4n) is 3.45. The summed E-state index contributed by atoms with van der Waals surface area (Å²) in [5.41, 5.74) is 1.95. The lowest BCUT2D eigenvalue weighted by molar-refractivity contribution is -0.117. The van der Waals surface area contributed by atoms with Crippen LogP contribution in [0.25, 0.3) is 0 Å². The van der Waals surface area contributed by atoms with Gasteiger partial charge in [0.2, 0.25) is 5.78 Å². The Kier molecular flexibility index (Phi) is 4.97. The molecule has 1 aliphatic rings. The van der Waals surface area contributed by atoms with Crippen LogP contribution < -0.4 is 4.90 Å². The molecule has 1 aliphatic heterocycles. The second-order valence-corrected chi connectivity index (χ2v) is 6.57. The minimum atomic E-state index is -0.850. The number of carbonyl (C=O) groups is 2. The number of ketones is 1. The van der Waals surface area contributed by atoms with Crippen molar-refractivity contribution in [2.45, 2.75) is 12.5 Å². The average Bonchev–Trinajstić information content (AvgIpc) is 3.37. The molecular formula is C22H18N2O5. The van der Waals surface area contributed by atoms with Gasteiger partial charge in [-0.25, -0.2) is 0 Å². The van der Waals surface area contributed by atoms with E-state index in [1.165, 1.54) is 17.2 Å². The third-order valence-electron chi connectivity index (χ3n) is 4.81. The first-order valence-electron chi connectivity index (χ1n) is 9.06. The zero-order valence-electron chi connectivity index (χ0n) is 15.4. The van der Waals surface area contributed by atoms with Crippen LogP contribution >= 0.6 is 0 Å². The van der Waals surface area contributed by atoms with Gasteiger partial charge in [-0.15, -0.1) is 0 Å². The molecule has 0 fully saturated rings. The molecule has 1 amide bonds. The first kappa shape index (κ1) is 18.6. The van der Waals surface area contributed by atoms with Crippen molar-refractivity contribution in [2.75, 3.05) is 11.5 Å². The molecule has 29 heavy (non-hydrogen) atoms. The molecule has 7 heteroatoms. The minimum absolute atomic E-state index is 0.0183. The number of hydrogen-bond donors (Lipinski definition) is 2. The van der Waals surface area contributed by atoms with Crippen LogP contribution in [0.15, 0.2) is 82.9 Å². The second kappa shape index (κ2) is 7.73. The third kappa shape index (κ3) is 3.32. The van der Waals surface area contributed by atoms with Gasteiger partial charge in [0.1, 0.15) is 0 Å². The highest BCUT2D eigenvalue weighted by atomic mass is 16.3. The molecule has 1 atom stereocenters. The number of nitrogens with zero attached hydrogens (tertiary/aromatic N) is 2. The fraction of sp³-hybridized carbons (Fsp3) is 0.136. The number of pyridine rings is 1. The largest absolute Gasteiger partial charge is 0.503 e. The predicted octanol–water partition coefficient (Wildman–Crippen LogP) is 2.99. The second-order valence-electron chi connectivity index (χ2n) is 6.57. The van der Waals surface area contributed by atoms with Crippen molar-refractivity contribution < 1.29 is 24.2 Å². The molecule has 0 aliphatic carbocycles. The van der Waals surface area contributed by atoms with E-state index in [1.54, 1.807) is 54.9 Å². The monoisotopic (exact) mass is 390 g/mol. The molecule has 3 heterocycles. The maximum atomic E-state index is 13.0. The van der Waals surface area contributed by atoms with Crippen LogP contribution in [-0.2, 0) is 11.2 Å². The Morgan fingerprint density at radius 2 is 1.93 bits per heavy atom. The van der Waals surface area contributed by atoms with Gasteiger partial charge in [-0.1, -0.05) is 18.2 Å². The Bertz CT molecular complexity index is 1060. The summed E-state index contributed by atoms with van der Waals surface area (Å²) in [7, 11) is 0. The zero-order chi connectivity index (χ0) is 20.4. The SMILES string of the molecule is O=C(C1=C(O)C(=O)N(c2ccc(CCO)cc2)C1c1cccnc1)c1ccco1. The summed E-state index contributed by atoms with van der Waals surface area (Å²) in [5.74, 6) is -1.81. The van der Waals surface area contributed by atoms with E-state index in [-0.39, 0.29) is 17.9 Å². The molecule has 0 spiro atoms. The van der Waals surface area contributed by atoms with Gasteiger partial charge in [0.25, 0.3) is 5.91 Å². The van der Waals surface area contributed by atoms with Crippen molar-refractivity contribution in [3.05, 3.63) is 95.4 Å². The van der Waals surface area contributed by atoms with Crippen LogP contribution in [0, 0.1) is 0 Å². The van der Waals surface area contributed by atoms with Gasteiger partial charge in [-0.3, -0.25) is 19.5 Å². The van der Waals surface area contributed by atoms with E-state index in [4.69, 9.17) is 9.52 Å². The molecule has 3 aromatic rings. The quantitative estimate of drug-likeness (QED) is 0.627. The number of aliphatic hydroxyl groups excluding tert-OH is 2. The summed E-state index contributed by atoms with van der Waals surface area (Å²) < 4.78 is 5.20. The van der Waals surface area contributed by atoms with E-state index in [2.05, 4.69) is 4.98 Å². The first-order chi connectivity index (χ1) is 14.1. The van der Waals surface area contributed by atoms with E-state index in [1.807, 2.05) is 0 Å². The van der Waals surface area contributed by atoms with Crippen molar-refractivity contribution >= 4 is 17.4 Å². The lowest BCUT2D eigenvalue weighted by Crippen LogP contribution is -2.31. The molecule has 0 saturated carbocycles. The number of aromatic nitrogens is 1. The average molecular weight is 390 g/mol. The molecule has 1 unspecified atom stereocenters. The molecule has 0 radical (unpaired) electrons. The number of furan rings is 1. The number of amides is 1. The van der Waals surface area contributed by atoms with Crippen molar-refractivity contribution in [3.8, 4) is 0 Å². The van der Waals surface area contributed by atoms with Crippen LogP contribution in [0.2, 0.25) is 0 Å². The van der Waals surface area contributed by atoms with Gasteiger partial charge in [-0.05, 0) is 47.9 Å². The van der Waals surface area contributed by atoms with Gasteiger partial charge < -0.3 is 14.6 Å². The van der Waals surface area contributed by atoms with Gasteiger partial charge in [0.15, 0.2) is 11.5 Å². The molecule has 7 nitrogen and oxygen atoms in total. The number of rotatable bonds is 6. The van der Waals surface area contributed by atoms with Crippen LogP contribution in [0.5, 0.6) is 0 Å².